The minimum Gasteiger partial charge on any atom is -0.481 e. The van der Waals surface area contributed by atoms with E-state index in [1.807, 2.05) is 24.3 Å². The molecule has 0 saturated heterocycles. The fraction of sp³-hybridized carbons (Fsp3) is 0.286. The topological polar surface area (TPSA) is 37.3 Å². The maximum atomic E-state index is 11.0. The normalized spacial score (nSPS) is 11.7. The van der Waals surface area contributed by atoms with Crippen molar-refractivity contribution in [2.45, 2.75) is 39.0 Å². The van der Waals surface area contributed by atoms with E-state index in [1.54, 1.807) is 6.92 Å². The van der Waals surface area contributed by atoms with Gasteiger partial charge in [0.15, 0.2) is 0 Å². The summed E-state index contributed by atoms with van der Waals surface area (Å²) in [5.41, 5.74) is 4.58. The van der Waals surface area contributed by atoms with Gasteiger partial charge in [0.1, 0.15) is 0 Å². The Labute approximate surface area is 138 Å². The molecule has 23 heavy (non-hydrogen) atoms. The summed E-state index contributed by atoms with van der Waals surface area (Å²) in [5, 5.41) is 9.02. The largest absolute Gasteiger partial charge is 0.481 e. The van der Waals surface area contributed by atoms with Crippen LogP contribution in [0.1, 0.15) is 50.2 Å². The van der Waals surface area contributed by atoms with Crippen LogP contribution in [-0.4, -0.2) is 11.1 Å². The van der Waals surface area contributed by atoms with Gasteiger partial charge in [-0.05, 0) is 35.1 Å². The summed E-state index contributed by atoms with van der Waals surface area (Å²) in [5.74, 6) is 5.22. The van der Waals surface area contributed by atoms with E-state index >= 15 is 0 Å². The Kier molecular flexibility index (Phi) is 5.60. The highest BCUT2D eigenvalue weighted by molar-refractivity contribution is 5.69. The molecule has 1 unspecified atom stereocenters. The molecular formula is C21H22O2. The first-order chi connectivity index (χ1) is 11.0. The highest BCUT2D eigenvalue weighted by Crippen LogP contribution is 2.26. The molecule has 0 aliphatic heterocycles. The van der Waals surface area contributed by atoms with Crippen molar-refractivity contribution in [3.63, 3.8) is 0 Å². The number of hydrogen-bond acceptors (Lipinski definition) is 1. The molecule has 0 aliphatic rings. The quantitative estimate of drug-likeness (QED) is 0.784. The molecule has 0 aromatic heterocycles. The van der Waals surface area contributed by atoms with Gasteiger partial charge in [-0.2, -0.15) is 0 Å². The predicted octanol–water partition coefficient (Wildman–Crippen LogP) is 5.06. The average Bonchev–Trinajstić information content (AvgIpc) is 2.54. The molecule has 0 fully saturated rings. The van der Waals surface area contributed by atoms with Gasteiger partial charge in [0.2, 0.25) is 0 Å². The third-order valence-corrected chi connectivity index (χ3v) is 3.90. The number of carboxylic acid groups (broad SMARTS) is 1. The molecule has 0 amide bonds. The minimum absolute atomic E-state index is 0.0308. The lowest BCUT2D eigenvalue weighted by molar-refractivity contribution is -0.137. The minimum atomic E-state index is -0.827. The second-order valence-electron chi connectivity index (χ2n) is 5.95. The molecule has 1 N–H and O–H groups in total. The summed E-state index contributed by atoms with van der Waals surface area (Å²) in [4.78, 5) is 11.0. The zero-order valence-electron chi connectivity index (χ0n) is 13.8. The predicted molar refractivity (Wildman–Crippen MR) is 94.4 cm³/mol. The van der Waals surface area contributed by atoms with Crippen LogP contribution in [0.4, 0.5) is 0 Å². The van der Waals surface area contributed by atoms with Crippen molar-refractivity contribution in [1.29, 1.82) is 0 Å². The molecule has 0 spiro atoms. The van der Waals surface area contributed by atoms with Crippen LogP contribution < -0.4 is 0 Å². The van der Waals surface area contributed by atoms with E-state index in [1.165, 1.54) is 11.1 Å². The Balaban J connectivity index is 2.29. The number of carboxylic acids is 1. The molecule has 0 heterocycles. The van der Waals surface area contributed by atoms with Crippen LogP contribution in [0.25, 0.3) is 11.1 Å². The van der Waals surface area contributed by atoms with Crippen molar-refractivity contribution in [2.75, 3.05) is 0 Å². The molecular weight excluding hydrogens is 284 g/mol. The first-order valence-corrected chi connectivity index (χ1v) is 7.85. The fourth-order valence-corrected chi connectivity index (χ4v) is 2.59. The molecule has 2 rings (SSSR count). The van der Waals surface area contributed by atoms with Crippen LogP contribution in [0, 0.1) is 11.8 Å². The van der Waals surface area contributed by atoms with Gasteiger partial charge in [-0.1, -0.05) is 68.3 Å². The molecule has 2 aromatic carbocycles. The van der Waals surface area contributed by atoms with Gasteiger partial charge in [0.05, 0.1) is 12.3 Å². The lowest BCUT2D eigenvalue weighted by Gasteiger charge is -2.11. The molecule has 2 aromatic rings. The van der Waals surface area contributed by atoms with E-state index in [0.717, 1.165) is 11.1 Å². The van der Waals surface area contributed by atoms with Crippen LogP contribution in [-0.2, 0) is 4.79 Å². The van der Waals surface area contributed by atoms with Crippen molar-refractivity contribution in [3.8, 4) is 23.0 Å². The van der Waals surface area contributed by atoms with Gasteiger partial charge in [0.25, 0.3) is 0 Å². The number of rotatable bonds is 5. The van der Waals surface area contributed by atoms with Gasteiger partial charge in [-0.15, -0.1) is 5.92 Å². The maximum absolute atomic E-state index is 11.0. The van der Waals surface area contributed by atoms with Crippen molar-refractivity contribution < 1.29 is 9.90 Å². The molecule has 0 bridgehead atoms. The first kappa shape index (κ1) is 16.8. The standard InChI is InChI=1S/C21H22O2/c1-4-6-19(14-21(22)23)16-9-11-17(12-10-16)20-8-5-7-18(13-20)15(2)3/h5,7-13,15,19H,14H2,1-3H3,(H,22,23). The van der Waals surface area contributed by atoms with Gasteiger partial charge >= 0.3 is 5.97 Å². The van der Waals surface area contributed by atoms with Gasteiger partial charge in [-0.3, -0.25) is 4.79 Å². The zero-order chi connectivity index (χ0) is 16.8. The van der Waals surface area contributed by atoms with E-state index in [2.05, 4.69) is 50.0 Å². The zero-order valence-corrected chi connectivity index (χ0v) is 13.8. The first-order valence-electron chi connectivity index (χ1n) is 7.85. The van der Waals surface area contributed by atoms with E-state index in [9.17, 15) is 4.79 Å². The summed E-state index contributed by atoms with van der Waals surface area (Å²) < 4.78 is 0. The summed E-state index contributed by atoms with van der Waals surface area (Å²) in [6, 6.07) is 16.6. The Morgan fingerprint density at radius 1 is 1.04 bits per heavy atom. The SMILES string of the molecule is CC#CC(CC(=O)O)c1ccc(-c2cccc(C(C)C)c2)cc1. The highest BCUT2D eigenvalue weighted by atomic mass is 16.4. The van der Waals surface area contributed by atoms with E-state index in [-0.39, 0.29) is 12.3 Å². The van der Waals surface area contributed by atoms with Crippen molar-refractivity contribution in [3.05, 3.63) is 59.7 Å². The van der Waals surface area contributed by atoms with Crippen molar-refractivity contribution in [2.24, 2.45) is 0 Å². The van der Waals surface area contributed by atoms with Crippen LogP contribution in [0.2, 0.25) is 0 Å². The van der Waals surface area contributed by atoms with Gasteiger partial charge in [0, 0.05) is 0 Å². The summed E-state index contributed by atoms with van der Waals surface area (Å²) in [6.07, 6.45) is 0.0308. The molecule has 2 nitrogen and oxygen atoms in total. The Hall–Kier alpha value is -2.53. The number of benzene rings is 2. The summed E-state index contributed by atoms with van der Waals surface area (Å²) in [6.45, 7) is 6.10. The third kappa shape index (κ3) is 4.47. The van der Waals surface area contributed by atoms with Crippen LogP contribution in [0.5, 0.6) is 0 Å². The van der Waals surface area contributed by atoms with E-state index in [0.29, 0.717) is 5.92 Å². The molecule has 0 saturated carbocycles. The third-order valence-electron chi connectivity index (χ3n) is 3.90. The molecule has 0 aliphatic carbocycles. The van der Waals surface area contributed by atoms with Gasteiger partial charge in [-0.25, -0.2) is 0 Å². The number of carbonyl (C=O) groups is 1. The summed E-state index contributed by atoms with van der Waals surface area (Å²) >= 11 is 0. The second kappa shape index (κ2) is 7.65. The fourth-order valence-electron chi connectivity index (χ4n) is 2.59. The van der Waals surface area contributed by atoms with Crippen LogP contribution in [0.3, 0.4) is 0 Å². The number of hydrogen-bond donors (Lipinski definition) is 1. The average molecular weight is 306 g/mol. The Morgan fingerprint density at radius 3 is 2.30 bits per heavy atom. The molecule has 2 heteroatoms. The smallest absolute Gasteiger partial charge is 0.304 e. The molecule has 1 atom stereocenters. The van der Waals surface area contributed by atoms with Crippen LogP contribution in [0.15, 0.2) is 48.5 Å². The summed E-state index contributed by atoms with van der Waals surface area (Å²) in [7, 11) is 0. The van der Waals surface area contributed by atoms with E-state index < -0.39 is 5.97 Å². The second-order valence-corrected chi connectivity index (χ2v) is 5.95. The Morgan fingerprint density at radius 2 is 1.74 bits per heavy atom. The number of aliphatic carboxylic acids is 1. The van der Waals surface area contributed by atoms with Crippen LogP contribution >= 0.6 is 0 Å². The van der Waals surface area contributed by atoms with E-state index in [4.69, 9.17) is 5.11 Å². The monoisotopic (exact) mass is 306 g/mol. The highest BCUT2D eigenvalue weighted by Gasteiger charge is 2.13. The Bertz CT molecular complexity index is 730. The molecule has 118 valence electrons. The lowest BCUT2D eigenvalue weighted by Crippen LogP contribution is -2.04. The maximum Gasteiger partial charge on any atom is 0.304 e. The van der Waals surface area contributed by atoms with Gasteiger partial charge < -0.3 is 5.11 Å². The van der Waals surface area contributed by atoms with Crippen molar-refractivity contribution >= 4 is 5.97 Å². The van der Waals surface area contributed by atoms with Crippen molar-refractivity contribution in [1.82, 2.24) is 0 Å². The molecule has 0 radical (unpaired) electrons. The lowest BCUT2D eigenvalue weighted by atomic mass is 9.93.